The highest BCUT2D eigenvalue weighted by Gasteiger charge is 2.22. The van der Waals surface area contributed by atoms with Gasteiger partial charge in [-0.05, 0) is 97.9 Å². The van der Waals surface area contributed by atoms with E-state index < -0.39 is 0 Å². The summed E-state index contributed by atoms with van der Waals surface area (Å²) in [6.07, 6.45) is 7.81. The van der Waals surface area contributed by atoms with Crippen molar-refractivity contribution >= 4 is 11.4 Å². The van der Waals surface area contributed by atoms with E-state index >= 15 is 0 Å². The maximum Gasteiger partial charge on any atom is 0.119 e. The minimum atomic E-state index is 0.756. The summed E-state index contributed by atoms with van der Waals surface area (Å²) in [6.45, 7) is 3.19. The summed E-state index contributed by atoms with van der Waals surface area (Å²) in [7, 11) is 2.15. The molecule has 1 atom stereocenters. The zero-order chi connectivity index (χ0) is 17.2. The molecule has 2 aliphatic rings. The molecule has 4 rings (SSSR count). The molecular formula is C23H29NO. The molecule has 25 heavy (non-hydrogen) atoms. The SMILES string of the molecule is CC[C@@H]1CCCc2cc(N(C)c3ccc(OCC4CC4)cc3)ccc21. The fourth-order valence-electron chi connectivity index (χ4n) is 3.95. The van der Waals surface area contributed by atoms with E-state index in [9.17, 15) is 0 Å². The molecule has 0 unspecified atom stereocenters. The van der Waals surface area contributed by atoms with Gasteiger partial charge >= 0.3 is 0 Å². The molecule has 2 aromatic carbocycles. The Bertz CT molecular complexity index is 717. The first-order valence-corrected chi connectivity index (χ1v) is 9.84. The molecule has 2 aromatic rings. The molecule has 0 amide bonds. The number of hydrogen-bond donors (Lipinski definition) is 0. The molecule has 0 N–H and O–H groups in total. The van der Waals surface area contributed by atoms with Crippen LogP contribution in [0.1, 0.15) is 56.1 Å². The summed E-state index contributed by atoms with van der Waals surface area (Å²) in [5.74, 6) is 2.54. The summed E-state index contributed by atoms with van der Waals surface area (Å²) in [6, 6.07) is 15.6. The van der Waals surface area contributed by atoms with Gasteiger partial charge in [-0.3, -0.25) is 0 Å². The highest BCUT2D eigenvalue weighted by atomic mass is 16.5. The molecule has 2 aliphatic carbocycles. The first-order valence-electron chi connectivity index (χ1n) is 9.84. The quantitative estimate of drug-likeness (QED) is 0.635. The molecule has 0 aliphatic heterocycles. The third-order valence-electron chi connectivity index (χ3n) is 5.85. The Morgan fingerprint density at radius 3 is 2.48 bits per heavy atom. The van der Waals surface area contributed by atoms with Crippen molar-refractivity contribution in [1.82, 2.24) is 0 Å². The summed E-state index contributed by atoms with van der Waals surface area (Å²) in [4.78, 5) is 2.28. The second-order valence-electron chi connectivity index (χ2n) is 7.69. The Hall–Kier alpha value is -1.96. The summed E-state index contributed by atoms with van der Waals surface area (Å²) in [5, 5.41) is 0. The minimum absolute atomic E-state index is 0.756. The van der Waals surface area contributed by atoms with Crippen LogP contribution in [-0.4, -0.2) is 13.7 Å². The lowest BCUT2D eigenvalue weighted by molar-refractivity contribution is 0.300. The van der Waals surface area contributed by atoms with E-state index in [0.717, 1.165) is 24.2 Å². The largest absolute Gasteiger partial charge is 0.493 e. The minimum Gasteiger partial charge on any atom is -0.493 e. The lowest BCUT2D eigenvalue weighted by atomic mass is 9.81. The normalized spacial score (nSPS) is 19.4. The van der Waals surface area contributed by atoms with Crippen LogP contribution in [0.4, 0.5) is 11.4 Å². The van der Waals surface area contributed by atoms with Gasteiger partial charge < -0.3 is 9.64 Å². The van der Waals surface area contributed by atoms with Gasteiger partial charge in [0.25, 0.3) is 0 Å². The third-order valence-corrected chi connectivity index (χ3v) is 5.85. The Labute approximate surface area is 151 Å². The number of fused-ring (bicyclic) bond motifs is 1. The fourth-order valence-corrected chi connectivity index (χ4v) is 3.95. The van der Waals surface area contributed by atoms with E-state index in [4.69, 9.17) is 4.74 Å². The van der Waals surface area contributed by atoms with Gasteiger partial charge in [-0.15, -0.1) is 0 Å². The van der Waals surface area contributed by atoms with Crippen LogP contribution < -0.4 is 9.64 Å². The topological polar surface area (TPSA) is 12.5 Å². The van der Waals surface area contributed by atoms with Crippen LogP contribution in [-0.2, 0) is 6.42 Å². The summed E-state index contributed by atoms with van der Waals surface area (Å²) in [5.41, 5.74) is 5.62. The van der Waals surface area contributed by atoms with Crippen LogP contribution >= 0.6 is 0 Å². The van der Waals surface area contributed by atoms with Gasteiger partial charge in [0.1, 0.15) is 5.75 Å². The van der Waals surface area contributed by atoms with E-state index in [1.165, 1.54) is 49.9 Å². The Morgan fingerprint density at radius 2 is 1.76 bits per heavy atom. The van der Waals surface area contributed by atoms with Gasteiger partial charge in [-0.1, -0.05) is 13.0 Å². The molecule has 0 heterocycles. The molecule has 1 fully saturated rings. The van der Waals surface area contributed by atoms with Crippen molar-refractivity contribution in [3.8, 4) is 5.75 Å². The lowest BCUT2D eigenvalue weighted by Gasteiger charge is -2.27. The number of hydrogen-bond acceptors (Lipinski definition) is 2. The van der Waals surface area contributed by atoms with Crippen molar-refractivity contribution in [1.29, 1.82) is 0 Å². The van der Waals surface area contributed by atoms with E-state index in [0.29, 0.717) is 0 Å². The highest BCUT2D eigenvalue weighted by molar-refractivity contribution is 5.64. The molecule has 2 nitrogen and oxygen atoms in total. The van der Waals surface area contributed by atoms with Crippen molar-refractivity contribution in [3.05, 3.63) is 53.6 Å². The predicted molar refractivity (Wildman–Crippen MR) is 105 cm³/mol. The third kappa shape index (κ3) is 3.68. The zero-order valence-electron chi connectivity index (χ0n) is 15.5. The molecule has 0 spiro atoms. The molecule has 1 saturated carbocycles. The van der Waals surface area contributed by atoms with Crippen molar-refractivity contribution in [3.63, 3.8) is 0 Å². The van der Waals surface area contributed by atoms with Gasteiger partial charge in [0.2, 0.25) is 0 Å². The molecule has 0 aromatic heterocycles. The first kappa shape index (κ1) is 16.5. The van der Waals surface area contributed by atoms with Gasteiger partial charge in [0.05, 0.1) is 6.61 Å². The smallest absolute Gasteiger partial charge is 0.119 e. The monoisotopic (exact) mass is 335 g/mol. The van der Waals surface area contributed by atoms with Gasteiger partial charge in [-0.25, -0.2) is 0 Å². The molecule has 0 saturated heterocycles. The summed E-state index contributed by atoms with van der Waals surface area (Å²) < 4.78 is 5.85. The van der Waals surface area contributed by atoms with Gasteiger partial charge in [0.15, 0.2) is 0 Å². The molecular weight excluding hydrogens is 306 g/mol. The Kier molecular flexibility index (Phi) is 4.70. The number of nitrogens with zero attached hydrogens (tertiary/aromatic N) is 1. The number of ether oxygens (including phenoxy) is 1. The number of aryl methyl sites for hydroxylation is 1. The average Bonchev–Trinajstić information content (AvgIpc) is 3.49. The van der Waals surface area contributed by atoms with Crippen LogP contribution in [0.15, 0.2) is 42.5 Å². The van der Waals surface area contributed by atoms with Gasteiger partial charge in [-0.2, -0.15) is 0 Å². The number of rotatable bonds is 6. The van der Waals surface area contributed by atoms with Crippen LogP contribution in [0, 0.1) is 5.92 Å². The van der Waals surface area contributed by atoms with Crippen molar-refractivity contribution in [2.75, 3.05) is 18.6 Å². The maximum absolute atomic E-state index is 5.85. The van der Waals surface area contributed by atoms with Crippen molar-refractivity contribution in [2.24, 2.45) is 5.92 Å². The van der Waals surface area contributed by atoms with Crippen LogP contribution in [0.25, 0.3) is 0 Å². The fraction of sp³-hybridized carbons (Fsp3) is 0.478. The second kappa shape index (κ2) is 7.11. The van der Waals surface area contributed by atoms with Gasteiger partial charge in [0, 0.05) is 18.4 Å². The average molecular weight is 335 g/mol. The Balaban J connectivity index is 1.49. The van der Waals surface area contributed by atoms with Crippen LogP contribution in [0.5, 0.6) is 5.75 Å². The lowest BCUT2D eigenvalue weighted by Crippen LogP contribution is -2.13. The second-order valence-corrected chi connectivity index (χ2v) is 7.69. The van der Waals surface area contributed by atoms with E-state index in [1.807, 2.05) is 0 Å². The standard InChI is InChI=1S/C23H29NO/c1-3-18-5-4-6-19-15-21(11-14-23(18)19)24(2)20-9-12-22(13-10-20)25-16-17-7-8-17/h9-15,17-18H,3-8,16H2,1-2H3/t18-/m1/s1. The Morgan fingerprint density at radius 1 is 1.00 bits per heavy atom. The number of benzene rings is 2. The van der Waals surface area contributed by atoms with Crippen molar-refractivity contribution in [2.45, 2.75) is 51.4 Å². The number of anilines is 2. The molecule has 0 radical (unpaired) electrons. The van der Waals surface area contributed by atoms with Crippen molar-refractivity contribution < 1.29 is 4.74 Å². The molecule has 2 heteroatoms. The zero-order valence-corrected chi connectivity index (χ0v) is 15.5. The first-order chi connectivity index (χ1) is 12.2. The highest BCUT2D eigenvalue weighted by Crippen LogP contribution is 2.37. The predicted octanol–water partition coefficient (Wildman–Crippen LogP) is 6.07. The van der Waals surface area contributed by atoms with E-state index in [-0.39, 0.29) is 0 Å². The molecule has 132 valence electrons. The van der Waals surface area contributed by atoms with E-state index in [2.05, 4.69) is 61.3 Å². The maximum atomic E-state index is 5.85. The van der Waals surface area contributed by atoms with Crippen LogP contribution in [0.3, 0.4) is 0 Å². The summed E-state index contributed by atoms with van der Waals surface area (Å²) >= 11 is 0. The van der Waals surface area contributed by atoms with Crippen LogP contribution in [0.2, 0.25) is 0 Å². The molecule has 0 bridgehead atoms. The van der Waals surface area contributed by atoms with E-state index in [1.54, 1.807) is 11.1 Å².